The fraction of sp³-hybridized carbons (Fsp3) is 1.00. The van der Waals surface area contributed by atoms with Crippen LogP contribution in [0.1, 0.15) is 26.2 Å². The van der Waals surface area contributed by atoms with Crippen LogP contribution in [0.2, 0.25) is 0 Å². The van der Waals surface area contributed by atoms with Crippen LogP contribution in [0, 0.1) is 11.8 Å². The monoisotopic (exact) mass is 155 g/mol. The largest absolute Gasteiger partial charge is 0.378 e. The van der Waals surface area contributed by atoms with Crippen LogP contribution in [0.25, 0.3) is 0 Å². The van der Waals surface area contributed by atoms with Gasteiger partial charge in [0.05, 0.1) is 6.10 Å². The fourth-order valence-corrected chi connectivity index (χ4v) is 2.58. The Hall–Kier alpha value is -0.0800. The van der Waals surface area contributed by atoms with Gasteiger partial charge in [0, 0.05) is 18.6 Å². The van der Waals surface area contributed by atoms with Crippen molar-refractivity contribution >= 4 is 0 Å². The van der Waals surface area contributed by atoms with E-state index in [-0.39, 0.29) is 0 Å². The van der Waals surface area contributed by atoms with E-state index in [1.807, 2.05) is 0 Å². The molecule has 0 radical (unpaired) electrons. The van der Waals surface area contributed by atoms with Crippen LogP contribution in [0.3, 0.4) is 0 Å². The lowest BCUT2D eigenvalue weighted by Crippen LogP contribution is -2.41. The maximum Gasteiger partial charge on any atom is 0.0621 e. The molecule has 64 valence electrons. The first-order valence-corrected chi connectivity index (χ1v) is 4.66. The zero-order valence-corrected chi connectivity index (χ0v) is 7.12. The molecule has 4 atom stereocenters. The van der Waals surface area contributed by atoms with Crippen molar-refractivity contribution in [1.29, 1.82) is 0 Å². The third kappa shape index (κ3) is 1.18. The summed E-state index contributed by atoms with van der Waals surface area (Å²) in [7, 11) is 0. The first kappa shape index (κ1) is 7.56. The number of hydrogen-bond acceptors (Lipinski definition) is 2. The van der Waals surface area contributed by atoms with Gasteiger partial charge in [-0.3, -0.25) is 0 Å². The van der Waals surface area contributed by atoms with Crippen LogP contribution in [0.4, 0.5) is 0 Å². The van der Waals surface area contributed by atoms with Gasteiger partial charge in [-0.1, -0.05) is 6.92 Å². The molecule has 1 saturated carbocycles. The number of rotatable bonds is 0. The molecule has 0 aromatic carbocycles. The first-order chi connectivity index (χ1) is 5.29. The SMILES string of the molecule is C[C@@H]1CO[C@@H]2CCC[C@H](N)[C@@H]12. The molecule has 0 bridgehead atoms. The van der Waals surface area contributed by atoms with Gasteiger partial charge >= 0.3 is 0 Å². The highest BCUT2D eigenvalue weighted by Crippen LogP contribution is 2.36. The number of fused-ring (bicyclic) bond motifs is 1. The Bertz CT molecular complexity index is 146. The molecular weight excluding hydrogens is 138 g/mol. The van der Waals surface area contributed by atoms with Gasteiger partial charge < -0.3 is 10.5 Å². The Morgan fingerprint density at radius 2 is 2.18 bits per heavy atom. The average Bonchev–Trinajstić information content (AvgIpc) is 2.34. The van der Waals surface area contributed by atoms with Gasteiger partial charge in [-0.05, 0) is 25.2 Å². The van der Waals surface area contributed by atoms with Crippen molar-refractivity contribution in [2.75, 3.05) is 6.61 Å². The molecule has 2 rings (SSSR count). The molecule has 1 aliphatic carbocycles. The minimum Gasteiger partial charge on any atom is -0.378 e. The molecule has 2 aliphatic rings. The van der Waals surface area contributed by atoms with Gasteiger partial charge in [0.15, 0.2) is 0 Å². The molecule has 2 nitrogen and oxygen atoms in total. The molecule has 1 saturated heterocycles. The van der Waals surface area contributed by atoms with E-state index in [4.69, 9.17) is 10.5 Å². The zero-order chi connectivity index (χ0) is 7.84. The summed E-state index contributed by atoms with van der Waals surface area (Å²) in [5, 5.41) is 0. The average molecular weight is 155 g/mol. The third-order valence-corrected chi connectivity index (χ3v) is 3.18. The second-order valence-corrected chi connectivity index (χ2v) is 4.02. The molecule has 0 spiro atoms. The lowest BCUT2D eigenvalue weighted by atomic mass is 9.78. The molecule has 0 aromatic heterocycles. The van der Waals surface area contributed by atoms with E-state index in [1.54, 1.807) is 0 Å². The maximum absolute atomic E-state index is 6.03. The molecule has 0 aromatic rings. The van der Waals surface area contributed by atoms with Crippen molar-refractivity contribution in [3.8, 4) is 0 Å². The molecule has 0 unspecified atom stereocenters. The minimum atomic E-state index is 0.409. The minimum absolute atomic E-state index is 0.409. The molecule has 11 heavy (non-hydrogen) atoms. The van der Waals surface area contributed by atoms with Crippen molar-refractivity contribution in [1.82, 2.24) is 0 Å². The van der Waals surface area contributed by atoms with Crippen LogP contribution in [0.15, 0.2) is 0 Å². The van der Waals surface area contributed by atoms with E-state index in [2.05, 4.69) is 6.92 Å². The molecule has 2 N–H and O–H groups in total. The summed E-state index contributed by atoms with van der Waals surface area (Å²) in [6, 6.07) is 0.409. The Kier molecular flexibility index (Phi) is 1.90. The summed E-state index contributed by atoms with van der Waals surface area (Å²) in [5.41, 5.74) is 6.03. The second kappa shape index (κ2) is 2.76. The van der Waals surface area contributed by atoms with E-state index >= 15 is 0 Å². The molecular formula is C9H17NO. The summed E-state index contributed by atoms with van der Waals surface area (Å²) >= 11 is 0. The van der Waals surface area contributed by atoms with Crippen LogP contribution in [0.5, 0.6) is 0 Å². The van der Waals surface area contributed by atoms with Crippen LogP contribution in [-0.4, -0.2) is 18.8 Å². The molecule has 0 amide bonds. The first-order valence-electron chi connectivity index (χ1n) is 4.66. The summed E-state index contributed by atoms with van der Waals surface area (Å²) in [4.78, 5) is 0. The Morgan fingerprint density at radius 3 is 2.91 bits per heavy atom. The highest BCUT2D eigenvalue weighted by molar-refractivity contribution is 4.91. The number of hydrogen-bond donors (Lipinski definition) is 1. The van der Waals surface area contributed by atoms with Crippen molar-refractivity contribution in [2.45, 2.75) is 38.3 Å². The van der Waals surface area contributed by atoms with Gasteiger partial charge in [-0.15, -0.1) is 0 Å². The number of ether oxygens (including phenoxy) is 1. The molecule has 1 heterocycles. The Balaban J connectivity index is 2.08. The van der Waals surface area contributed by atoms with Crippen molar-refractivity contribution in [3.63, 3.8) is 0 Å². The lowest BCUT2D eigenvalue weighted by Gasteiger charge is -2.31. The van der Waals surface area contributed by atoms with E-state index in [9.17, 15) is 0 Å². The van der Waals surface area contributed by atoms with Gasteiger partial charge in [-0.25, -0.2) is 0 Å². The fourth-order valence-electron chi connectivity index (χ4n) is 2.58. The summed E-state index contributed by atoms with van der Waals surface area (Å²) in [5.74, 6) is 1.35. The second-order valence-electron chi connectivity index (χ2n) is 4.02. The Morgan fingerprint density at radius 1 is 1.36 bits per heavy atom. The summed E-state index contributed by atoms with van der Waals surface area (Å²) in [6.45, 7) is 3.19. The van der Waals surface area contributed by atoms with Crippen molar-refractivity contribution < 1.29 is 4.74 Å². The maximum atomic E-state index is 6.03. The smallest absolute Gasteiger partial charge is 0.0621 e. The highest BCUT2D eigenvalue weighted by Gasteiger charge is 2.40. The molecule has 1 aliphatic heterocycles. The predicted octanol–water partition coefficient (Wildman–Crippen LogP) is 1.15. The Labute approximate surface area is 68.1 Å². The van der Waals surface area contributed by atoms with Crippen molar-refractivity contribution in [2.24, 2.45) is 17.6 Å². The normalized spacial score (nSPS) is 50.7. The van der Waals surface area contributed by atoms with E-state index in [0.29, 0.717) is 24.0 Å². The van der Waals surface area contributed by atoms with Gasteiger partial charge in [-0.2, -0.15) is 0 Å². The van der Waals surface area contributed by atoms with Crippen LogP contribution >= 0.6 is 0 Å². The lowest BCUT2D eigenvalue weighted by molar-refractivity contribution is 0.0593. The predicted molar refractivity (Wildman–Crippen MR) is 44.2 cm³/mol. The van der Waals surface area contributed by atoms with E-state index in [0.717, 1.165) is 6.61 Å². The van der Waals surface area contributed by atoms with Gasteiger partial charge in [0.25, 0.3) is 0 Å². The number of nitrogens with two attached hydrogens (primary N) is 1. The standard InChI is InChI=1S/C9H17NO/c1-6-5-11-8-4-2-3-7(10)9(6)8/h6-9H,2-5,10H2,1H3/t6-,7+,8-,9-/m1/s1. The van der Waals surface area contributed by atoms with Crippen molar-refractivity contribution in [3.05, 3.63) is 0 Å². The highest BCUT2D eigenvalue weighted by atomic mass is 16.5. The topological polar surface area (TPSA) is 35.2 Å². The van der Waals surface area contributed by atoms with E-state index < -0.39 is 0 Å². The zero-order valence-electron chi connectivity index (χ0n) is 7.12. The van der Waals surface area contributed by atoms with E-state index in [1.165, 1.54) is 19.3 Å². The quantitative estimate of drug-likeness (QED) is 0.569. The van der Waals surface area contributed by atoms with Gasteiger partial charge in [0.1, 0.15) is 0 Å². The molecule has 2 heteroatoms. The summed E-state index contributed by atoms with van der Waals surface area (Å²) < 4.78 is 5.66. The van der Waals surface area contributed by atoms with Crippen LogP contribution < -0.4 is 5.73 Å². The van der Waals surface area contributed by atoms with Crippen LogP contribution in [-0.2, 0) is 4.74 Å². The third-order valence-electron chi connectivity index (χ3n) is 3.18. The van der Waals surface area contributed by atoms with Gasteiger partial charge in [0.2, 0.25) is 0 Å². The summed E-state index contributed by atoms with van der Waals surface area (Å²) in [6.07, 6.45) is 4.20. The molecule has 2 fully saturated rings.